The van der Waals surface area contributed by atoms with Gasteiger partial charge in [-0.3, -0.25) is 4.79 Å². The van der Waals surface area contributed by atoms with Gasteiger partial charge in [-0.05, 0) is 6.07 Å². The van der Waals surface area contributed by atoms with Crippen LogP contribution in [0.5, 0.6) is 0 Å². The molecule has 1 N–H and O–H groups in total. The third-order valence-corrected chi connectivity index (χ3v) is 1.65. The Balaban J connectivity index is 2.22. The number of hydrogen-bond donors (Lipinski definition) is 1. The van der Waals surface area contributed by atoms with E-state index in [0.717, 1.165) is 0 Å². The summed E-state index contributed by atoms with van der Waals surface area (Å²) in [6, 6.07) is 3.32. The fourth-order valence-corrected chi connectivity index (χ4v) is 0.904. The van der Waals surface area contributed by atoms with Crippen molar-refractivity contribution in [3.8, 4) is 6.07 Å². The number of nitriles is 1. The van der Waals surface area contributed by atoms with Crippen molar-refractivity contribution < 1.29 is 18.7 Å². The molecule has 1 rings (SSSR count). The van der Waals surface area contributed by atoms with Crippen molar-refractivity contribution >= 4 is 11.9 Å². The lowest BCUT2D eigenvalue weighted by Crippen LogP contribution is -2.29. The van der Waals surface area contributed by atoms with Crippen LogP contribution in [0.15, 0.2) is 23.0 Å². The SMILES string of the molecule is N#CCCNC(=O)COC(=O)c1ccoc1. The number of nitrogens with zero attached hydrogens (tertiary/aromatic N) is 1. The van der Waals surface area contributed by atoms with Crippen molar-refractivity contribution in [3.05, 3.63) is 24.2 Å². The van der Waals surface area contributed by atoms with E-state index in [4.69, 9.17) is 5.26 Å². The van der Waals surface area contributed by atoms with Crippen LogP contribution < -0.4 is 5.32 Å². The number of rotatable bonds is 5. The zero-order chi connectivity index (χ0) is 11.8. The van der Waals surface area contributed by atoms with E-state index in [0.29, 0.717) is 0 Å². The van der Waals surface area contributed by atoms with Gasteiger partial charge in [0, 0.05) is 6.54 Å². The maximum Gasteiger partial charge on any atom is 0.341 e. The Morgan fingerprint density at radius 3 is 3.00 bits per heavy atom. The summed E-state index contributed by atoms with van der Waals surface area (Å²) >= 11 is 0. The van der Waals surface area contributed by atoms with Crippen LogP contribution in [0.1, 0.15) is 16.8 Å². The van der Waals surface area contributed by atoms with Gasteiger partial charge in [0.2, 0.25) is 0 Å². The maximum absolute atomic E-state index is 11.2. The molecule has 1 heterocycles. The number of amides is 1. The number of hydrogen-bond acceptors (Lipinski definition) is 5. The Morgan fingerprint density at radius 2 is 2.38 bits per heavy atom. The summed E-state index contributed by atoms with van der Waals surface area (Å²) in [6.07, 6.45) is 2.79. The highest BCUT2D eigenvalue weighted by Gasteiger charge is 2.10. The predicted octanol–water partition coefficient (Wildman–Crippen LogP) is 0.466. The Hall–Kier alpha value is -2.29. The Bertz CT molecular complexity index is 391. The molecule has 0 aliphatic carbocycles. The third kappa shape index (κ3) is 3.84. The van der Waals surface area contributed by atoms with Gasteiger partial charge in [0.1, 0.15) is 6.26 Å². The molecule has 0 aromatic carbocycles. The fourth-order valence-electron chi connectivity index (χ4n) is 0.904. The number of nitrogens with one attached hydrogen (secondary N) is 1. The summed E-state index contributed by atoms with van der Waals surface area (Å²) in [5.74, 6) is -1.06. The molecule has 0 aliphatic heterocycles. The Morgan fingerprint density at radius 1 is 1.56 bits per heavy atom. The molecule has 1 aromatic rings. The maximum atomic E-state index is 11.2. The molecule has 84 valence electrons. The quantitative estimate of drug-likeness (QED) is 0.577. The third-order valence-electron chi connectivity index (χ3n) is 1.65. The minimum atomic E-state index is -0.621. The van der Waals surface area contributed by atoms with Gasteiger partial charge in [0.15, 0.2) is 6.61 Å². The highest BCUT2D eigenvalue weighted by atomic mass is 16.5. The first-order valence-corrected chi connectivity index (χ1v) is 4.57. The first-order valence-electron chi connectivity index (χ1n) is 4.57. The van der Waals surface area contributed by atoms with Crippen LogP contribution in [0.25, 0.3) is 0 Å². The number of carbonyl (C=O) groups excluding carboxylic acids is 2. The molecule has 0 atom stereocenters. The van der Waals surface area contributed by atoms with E-state index in [1.807, 2.05) is 6.07 Å². The average molecular weight is 222 g/mol. The van der Waals surface area contributed by atoms with Crippen LogP contribution in [0.4, 0.5) is 0 Å². The van der Waals surface area contributed by atoms with Gasteiger partial charge in [0.25, 0.3) is 5.91 Å². The van der Waals surface area contributed by atoms with Crippen molar-refractivity contribution in [1.29, 1.82) is 5.26 Å². The smallest absolute Gasteiger partial charge is 0.341 e. The molecule has 0 saturated heterocycles. The zero-order valence-electron chi connectivity index (χ0n) is 8.43. The fraction of sp³-hybridized carbons (Fsp3) is 0.300. The predicted molar refractivity (Wildman–Crippen MR) is 52.2 cm³/mol. The summed E-state index contributed by atoms with van der Waals surface area (Å²) in [6.45, 7) is -0.117. The van der Waals surface area contributed by atoms with Crippen LogP contribution in [0.3, 0.4) is 0 Å². The zero-order valence-corrected chi connectivity index (χ0v) is 8.43. The molecular weight excluding hydrogens is 212 g/mol. The molecule has 16 heavy (non-hydrogen) atoms. The van der Waals surface area contributed by atoms with E-state index >= 15 is 0 Å². The van der Waals surface area contributed by atoms with E-state index < -0.39 is 11.9 Å². The van der Waals surface area contributed by atoms with Crippen molar-refractivity contribution in [2.45, 2.75) is 6.42 Å². The van der Waals surface area contributed by atoms with Crippen LogP contribution in [-0.4, -0.2) is 25.0 Å². The lowest BCUT2D eigenvalue weighted by Gasteiger charge is -2.03. The molecule has 0 bridgehead atoms. The van der Waals surface area contributed by atoms with Gasteiger partial charge in [-0.25, -0.2) is 4.79 Å². The molecule has 6 nitrogen and oxygen atoms in total. The first-order chi connectivity index (χ1) is 7.74. The summed E-state index contributed by atoms with van der Waals surface area (Å²) < 4.78 is 9.37. The second kappa shape index (κ2) is 6.24. The molecule has 0 spiro atoms. The number of carbonyl (C=O) groups is 2. The number of esters is 1. The van der Waals surface area contributed by atoms with Crippen LogP contribution in [0.2, 0.25) is 0 Å². The minimum absolute atomic E-state index is 0.224. The Kier molecular flexibility index (Phi) is 4.60. The number of furan rings is 1. The van der Waals surface area contributed by atoms with E-state index in [1.165, 1.54) is 18.6 Å². The van der Waals surface area contributed by atoms with Crippen molar-refractivity contribution in [2.75, 3.05) is 13.2 Å². The lowest BCUT2D eigenvalue weighted by molar-refractivity contribution is -0.124. The molecule has 0 unspecified atom stereocenters. The Labute approximate surface area is 91.8 Å². The van der Waals surface area contributed by atoms with Gasteiger partial charge >= 0.3 is 5.97 Å². The minimum Gasteiger partial charge on any atom is -0.472 e. The van der Waals surface area contributed by atoms with Crippen LogP contribution in [-0.2, 0) is 9.53 Å². The van der Waals surface area contributed by atoms with Crippen molar-refractivity contribution in [3.63, 3.8) is 0 Å². The lowest BCUT2D eigenvalue weighted by atomic mass is 10.3. The van der Waals surface area contributed by atoms with Gasteiger partial charge in [-0.1, -0.05) is 0 Å². The first kappa shape index (κ1) is 11.8. The second-order valence-corrected chi connectivity index (χ2v) is 2.85. The number of ether oxygens (including phenoxy) is 1. The largest absolute Gasteiger partial charge is 0.472 e. The highest BCUT2D eigenvalue weighted by molar-refractivity contribution is 5.90. The monoisotopic (exact) mass is 222 g/mol. The summed E-state index contributed by atoms with van der Waals surface area (Å²) in [7, 11) is 0. The van der Waals surface area contributed by atoms with Gasteiger partial charge in [0.05, 0.1) is 24.3 Å². The van der Waals surface area contributed by atoms with Crippen LogP contribution >= 0.6 is 0 Å². The topological polar surface area (TPSA) is 92.3 Å². The molecule has 0 aliphatic rings. The molecular formula is C10H10N2O4. The van der Waals surface area contributed by atoms with E-state index in [9.17, 15) is 9.59 Å². The average Bonchev–Trinajstić information content (AvgIpc) is 2.79. The summed E-state index contributed by atoms with van der Waals surface area (Å²) in [4.78, 5) is 22.3. The molecule has 0 saturated carbocycles. The van der Waals surface area contributed by atoms with E-state index in [1.54, 1.807) is 0 Å². The molecule has 0 fully saturated rings. The second-order valence-electron chi connectivity index (χ2n) is 2.85. The van der Waals surface area contributed by atoms with Gasteiger partial charge in [-0.2, -0.15) is 5.26 Å². The van der Waals surface area contributed by atoms with Crippen LogP contribution in [0, 0.1) is 11.3 Å². The van der Waals surface area contributed by atoms with Gasteiger partial charge < -0.3 is 14.5 Å². The normalized spacial score (nSPS) is 9.19. The summed E-state index contributed by atoms with van der Waals surface area (Å²) in [5, 5.41) is 10.6. The summed E-state index contributed by atoms with van der Waals surface area (Å²) in [5.41, 5.74) is 0.254. The standard InChI is InChI=1S/C10H10N2O4/c11-3-1-4-12-9(13)7-16-10(14)8-2-5-15-6-8/h2,5-6H,1,4,7H2,(H,12,13). The molecule has 0 radical (unpaired) electrons. The van der Waals surface area contributed by atoms with E-state index in [-0.39, 0.29) is 25.1 Å². The van der Waals surface area contributed by atoms with Crippen molar-refractivity contribution in [2.24, 2.45) is 0 Å². The highest BCUT2D eigenvalue weighted by Crippen LogP contribution is 2.01. The molecule has 6 heteroatoms. The molecule has 1 amide bonds. The van der Waals surface area contributed by atoms with E-state index in [2.05, 4.69) is 14.5 Å². The van der Waals surface area contributed by atoms with Gasteiger partial charge in [-0.15, -0.1) is 0 Å². The van der Waals surface area contributed by atoms with Crippen molar-refractivity contribution in [1.82, 2.24) is 5.32 Å². The molecule has 1 aromatic heterocycles.